The smallest absolute Gasteiger partial charge is 0.0386 e. The molecule has 0 fully saturated rings. The SMILES string of the molecule is CCC[CH]CCC(C)CC. The summed E-state index contributed by atoms with van der Waals surface area (Å²) in [4.78, 5) is 0. The number of hydrogen-bond donors (Lipinski definition) is 0. The largest absolute Gasteiger partial charge is 0.0654 e. The first kappa shape index (κ1) is 10.0. The van der Waals surface area contributed by atoms with Gasteiger partial charge in [-0.15, -0.1) is 0 Å². The fourth-order valence-electron chi connectivity index (χ4n) is 0.955. The average Bonchev–Trinajstić information content (AvgIpc) is 1.98. The minimum absolute atomic E-state index is 0.924. The zero-order chi connectivity index (χ0) is 7.82. The second kappa shape index (κ2) is 7.11. The molecule has 0 amide bonds. The van der Waals surface area contributed by atoms with Crippen molar-refractivity contribution in [2.45, 2.75) is 52.9 Å². The molecule has 0 aromatic rings. The van der Waals surface area contributed by atoms with Crippen LogP contribution in [0.5, 0.6) is 0 Å². The van der Waals surface area contributed by atoms with Crippen LogP contribution < -0.4 is 0 Å². The molecule has 1 unspecified atom stereocenters. The van der Waals surface area contributed by atoms with Gasteiger partial charge >= 0.3 is 0 Å². The van der Waals surface area contributed by atoms with Gasteiger partial charge in [0.25, 0.3) is 0 Å². The van der Waals surface area contributed by atoms with Gasteiger partial charge in [0, 0.05) is 0 Å². The Balaban J connectivity index is 2.89. The zero-order valence-electron chi connectivity index (χ0n) is 7.69. The molecule has 0 nitrogen and oxygen atoms in total. The van der Waals surface area contributed by atoms with Crippen LogP contribution in [0.1, 0.15) is 52.9 Å². The van der Waals surface area contributed by atoms with E-state index < -0.39 is 0 Å². The van der Waals surface area contributed by atoms with Crippen LogP contribution in [0.15, 0.2) is 0 Å². The molecule has 0 heteroatoms. The Morgan fingerprint density at radius 3 is 2.40 bits per heavy atom. The normalized spacial score (nSPS) is 13.5. The zero-order valence-corrected chi connectivity index (χ0v) is 7.69. The molecule has 0 aliphatic rings. The van der Waals surface area contributed by atoms with Crippen LogP contribution in [0.25, 0.3) is 0 Å². The number of unbranched alkanes of at least 4 members (excludes halogenated alkanes) is 3. The van der Waals surface area contributed by atoms with Crippen molar-refractivity contribution in [3.63, 3.8) is 0 Å². The first-order valence-electron chi connectivity index (χ1n) is 4.62. The highest BCUT2D eigenvalue weighted by atomic mass is 14.0. The molecule has 0 aromatic carbocycles. The first-order valence-corrected chi connectivity index (χ1v) is 4.62. The molecule has 1 radical (unpaired) electrons. The van der Waals surface area contributed by atoms with Crippen molar-refractivity contribution in [1.29, 1.82) is 0 Å². The summed E-state index contributed by atoms with van der Waals surface area (Å²) in [6, 6.07) is 0. The van der Waals surface area contributed by atoms with Gasteiger partial charge in [0.2, 0.25) is 0 Å². The number of rotatable bonds is 6. The maximum atomic E-state index is 2.42. The molecule has 0 spiro atoms. The van der Waals surface area contributed by atoms with E-state index in [1.54, 1.807) is 0 Å². The lowest BCUT2D eigenvalue weighted by Gasteiger charge is -2.06. The van der Waals surface area contributed by atoms with Crippen molar-refractivity contribution in [1.82, 2.24) is 0 Å². The minimum Gasteiger partial charge on any atom is -0.0654 e. The van der Waals surface area contributed by atoms with Gasteiger partial charge in [-0.05, 0) is 18.8 Å². The Hall–Kier alpha value is 0. The third kappa shape index (κ3) is 6.12. The summed E-state index contributed by atoms with van der Waals surface area (Å²) in [5.41, 5.74) is 0. The first-order chi connectivity index (χ1) is 4.81. The Bertz CT molecular complexity index is 57.1. The van der Waals surface area contributed by atoms with Crippen LogP contribution >= 0.6 is 0 Å². The molecule has 1 atom stereocenters. The molecule has 0 aliphatic heterocycles. The highest BCUT2D eigenvalue weighted by Crippen LogP contribution is 2.11. The van der Waals surface area contributed by atoms with Gasteiger partial charge in [-0.3, -0.25) is 0 Å². The molecule has 0 rings (SSSR count). The van der Waals surface area contributed by atoms with Crippen LogP contribution in [-0.4, -0.2) is 0 Å². The van der Waals surface area contributed by atoms with Crippen molar-refractivity contribution < 1.29 is 0 Å². The van der Waals surface area contributed by atoms with Crippen molar-refractivity contribution in [2.24, 2.45) is 5.92 Å². The van der Waals surface area contributed by atoms with E-state index in [9.17, 15) is 0 Å². The molecule has 0 heterocycles. The van der Waals surface area contributed by atoms with Crippen LogP contribution in [0.4, 0.5) is 0 Å². The molecule has 0 N–H and O–H groups in total. The molecule has 10 heavy (non-hydrogen) atoms. The van der Waals surface area contributed by atoms with E-state index in [0.717, 1.165) is 5.92 Å². The summed E-state index contributed by atoms with van der Waals surface area (Å²) in [7, 11) is 0. The van der Waals surface area contributed by atoms with Crippen LogP contribution in [-0.2, 0) is 0 Å². The van der Waals surface area contributed by atoms with Gasteiger partial charge in [-0.2, -0.15) is 0 Å². The lowest BCUT2D eigenvalue weighted by molar-refractivity contribution is 0.509. The Morgan fingerprint density at radius 2 is 1.90 bits per heavy atom. The molecule has 0 saturated heterocycles. The third-order valence-electron chi connectivity index (χ3n) is 2.05. The van der Waals surface area contributed by atoms with Gasteiger partial charge < -0.3 is 0 Å². The lowest BCUT2D eigenvalue weighted by atomic mass is 10.0. The Labute approximate surface area is 66.0 Å². The second-order valence-electron chi connectivity index (χ2n) is 3.17. The molecule has 0 bridgehead atoms. The molecule has 0 saturated carbocycles. The summed E-state index contributed by atoms with van der Waals surface area (Å²) in [6.07, 6.45) is 9.07. The van der Waals surface area contributed by atoms with Gasteiger partial charge in [-0.25, -0.2) is 0 Å². The fraction of sp³-hybridized carbons (Fsp3) is 0.900. The van der Waals surface area contributed by atoms with Crippen molar-refractivity contribution >= 4 is 0 Å². The van der Waals surface area contributed by atoms with E-state index in [1.165, 1.54) is 32.1 Å². The molecule has 0 aliphatic carbocycles. The fourth-order valence-corrected chi connectivity index (χ4v) is 0.955. The van der Waals surface area contributed by atoms with Gasteiger partial charge in [0.15, 0.2) is 0 Å². The quantitative estimate of drug-likeness (QED) is 0.493. The predicted octanol–water partition coefficient (Wildman–Crippen LogP) is 3.82. The van der Waals surface area contributed by atoms with E-state index in [1.807, 2.05) is 0 Å². The third-order valence-corrected chi connectivity index (χ3v) is 2.05. The summed E-state index contributed by atoms with van der Waals surface area (Å²) in [5.74, 6) is 0.924. The van der Waals surface area contributed by atoms with Gasteiger partial charge in [-0.1, -0.05) is 46.5 Å². The summed E-state index contributed by atoms with van der Waals surface area (Å²) < 4.78 is 0. The van der Waals surface area contributed by atoms with Gasteiger partial charge in [0.05, 0.1) is 0 Å². The molecule has 61 valence electrons. The van der Waals surface area contributed by atoms with E-state index in [2.05, 4.69) is 27.2 Å². The standard InChI is InChI=1S/C10H21/c1-4-6-7-8-9-10(3)5-2/h7,10H,4-6,8-9H2,1-3H3. The highest BCUT2D eigenvalue weighted by Gasteiger charge is 1.96. The predicted molar refractivity (Wildman–Crippen MR) is 47.9 cm³/mol. The van der Waals surface area contributed by atoms with Crippen LogP contribution in [0, 0.1) is 12.3 Å². The van der Waals surface area contributed by atoms with E-state index in [4.69, 9.17) is 0 Å². The lowest BCUT2D eigenvalue weighted by Crippen LogP contribution is -1.91. The average molecular weight is 141 g/mol. The van der Waals surface area contributed by atoms with Crippen LogP contribution in [0.2, 0.25) is 0 Å². The van der Waals surface area contributed by atoms with E-state index in [0.29, 0.717) is 0 Å². The van der Waals surface area contributed by atoms with Gasteiger partial charge in [0.1, 0.15) is 0 Å². The maximum absolute atomic E-state index is 2.42. The Kier molecular flexibility index (Phi) is 7.11. The van der Waals surface area contributed by atoms with E-state index >= 15 is 0 Å². The second-order valence-corrected chi connectivity index (χ2v) is 3.17. The van der Waals surface area contributed by atoms with Crippen molar-refractivity contribution in [2.75, 3.05) is 0 Å². The summed E-state index contributed by atoms with van der Waals surface area (Å²) in [6.45, 7) is 6.84. The van der Waals surface area contributed by atoms with Crippen LogP contribution in [0.3, 0.4) is 0 Å². The van der Waals surface area contributed by atoms with Crippen molar-refractivity contribution in [3.8, 4) is 0 Å². The summed E-state index contributed by atoms with van der Waals surface area (Å²) in [5, 5.41) is 0. The molecule has 0 aromatic heterocycles. The monoisotopic (exact) mass is 141 g/mol. The minimum atomic E-state index is 0.924. The topological polar surface area (TPSA) is 0 Å². The Morgan fingerprint density at radius 1 is 1.20 bits per heavy atom. The number of hydrogen-bond acceptors (Lipinski definition) is 0. The maximum Gasteiger partial charge on any atom is -0.0386 e. The summed E-state index contributed by atoms with van der Waals surface area (Å²) >= 11 is 0. The molecular weight excluding hydrogens is 120 g/mol. The van der Waals surface area contributed by atoms with E-state index in [-0.39, 0.29) is 0 Å². The highest BCUT2D eigenvalue weighted by molar-refractivity contribution is 4.64. The van der Waals surface area contributed by atoms with Crippen molar-refractivity contribution in [3.05, 3.63) is 6.42 Å². The molecular formula is C10H21.